The number of carbonyl (C=O) groups is 1. The van der Waals surface area contributed by atoms with Crippen LogP contribution in [0.15, 0.2) is 12.3 Å². The van der Waals surface area contributed by atoms with E-state index in [1.54, 1.807) is 12.3 Å². The Hall–Kier alpha value is -1.85. The Morgan fingerprint density at radius 2 is 2.37 bits per heavy atom. The van der Waals surface area contributed by atoms with Crippen molar-refractivity contribution in [1.29, 1.82) is 0 Å². The molecular formula is C13H21N5O. The Morgan fingerprint density at radius 1 is 1.58 bits per heavy atom. The summed E-state index contributed by atoms with van der Waals surface area (Å²) in [7, 11) is 0. The number of hydrogen-bond acceptors (Lipinski definition) is 5. The number of aromatic nitrogens is 2. The minimum Gasteiger partial charge on any atom is -0.384 e. The molecule has 0 aliphatic carbocycles. The van der Waals surface area contributed by atoms with Crippen LogP contribution in [0.5, 0.6) is 0 Å². The van der Waals surface area contributed by atoms with Gasteiger partial charge in [-0.2, -0.15) is 4.98 Å². The van der Waals surface area contributed by atoms with Crippen LogP contribution < -0.4 is 11.1 Å². The normalized spacial score (nSPS) is 19.5. The molecule has 104 valence electrons. The number of rotatable bonds is 3. The second-order valence-corrected chi connectivity index (χ2v) is 5.23. The molecule has 0 bridgehead atoms. The molecular weight excluding hydrogens is 242 g/mol. The van der Waals surface area contributed by atoms with Crippen LogP contribution in [0.1, 0.15) is 26.7 Å². The molecule has 1 aromatic heterocycles. The highest BCUT2D eigenvalue weighted by atomic mass is 16.2. The largest absolute Gasteiger partial charge is 0.384 e. The van der Waals surface area contributed by atoms with Crippen molar-refractivity contribution in [1.82, 2.24) is 14.9 Å². The molecule has 0 radical (unpaired) electrons. The Morgan fingerprint density at radius 3 is 3.05 bits per heavy atom. The van der Waals surface area contributed by atoms with Crippen LogP contribution in [-0.4, -0.2) is 39.9 Å². The van der Waals surface area contributed by atoms with E-state index in [1.165, 1.54) is 0 Å². The standard InChI is InChI=1S/C13H21N5O/c1-9(2)12(19)18-7-3-4-10(8-18)16-13-15-6-5-11(14)17-13/h5-6,9-10H,3-4,7-8H2,1-2H3,(H3,14,15,16,17)/t10-/m0/s1. The van der Waals surface area contributed by atoms with E-state index in [9.17, 15) is 4.79 Å². The first-order valence-corrected chi connectivity index (χ1v) is 6.70. The van der Waals surface area contributed by atoms with Crippen molar-refractivity contribution in [3.05, 3.63) is 12.3 Å². The molecule has 6 nitrogen and oxygen atoms in total. The number of nitrogens with one attached hydrogen (secondary N) is 1. The van der Waals surface area contributed by atoms with Crippen LogP contribution >= 0.6 is 0 Å². The lowest BCUT2D eigenvalue weighted by molar-refractivity contribution is -0.135. The number of hydrogen-bond donors (Lipinski definition) is 2. The molecule has 1 aliphatic heterocycles. The zero-order valence-electron chi connectivity index (χ0n) is 11.5. The van der Waals surface area contributed by atoms with Crippen LogP contribution in [0.3, 0.4) is 0 Å². The van der Waals surface area contributed by atoms with E-state index >= 15 is 0 Å². The molecule has 19 heavy (non-hydrogen) atoms. The summed E-state index contributed by atoms with van der Waals surface area (Å²) in [5.41, 5.74) is 5.62. The highest BCUT2D eigenvalue weighted by Gasteiger charge is 2.25. The van der Waals surface area contributed by atoms with Crippen LogP contribution in [0, 0.1) is 5.92 Å². The first kappa shape index (κ1) is 13.6. The molecule has 1 aliphatic rings. The quantitative estimate of drug-likeness (QED) is 0.853. The average Bonchev–Trinajstić information content (AvgIpc) is 2.38. The second-order valence-electron chi connectivity index (χ2n) is 5.23. The van der Waals surface area contributed by atoms with Gasteiger partial charge in [-0.05, 0) is 18.9 Å². The molecule has 6 heteroatoms. The molecule has 0 unspecified atom stereocenters. The summed E-state index contributed by atoms with van der Waals surface area (Å²) in [6.45, 7) is 5.41. The summed E-state index contributed by atoms with van der Waals surface area (Å²) in [5.74, 6) is 1.23. The lowest BCUT2D eigenvalue weighted by Crippen LogP contribution is -2.46. The third-order valence-corrected chi connectivity index (χ3v) is 3.24. The van der Waals surface area contributed by atoms with Gasteiger partial charge >= 0.3 is 0 Å². The zero-order chi connectivity index (χ0) is 13.8. The molecule has 1 amide bonds. The van der Waals surface area contributed by atoms with Gasteiger partial charge in [0.05, 0.1) is 0 Å². The van der Waals surface area contributed by atoms with Gasteiger partial charge in [0.1, 0.15) is 5.82 Å². The lowest BCUT2D eigenvalue weighted by Gasteiger charge is -2.34. The maximum absolute atomic E-state index is 12.0. The molecule has 1 saturated heterocycles. The second kappa shape index (κ2) is 5.86. The van der Waals surface area contributed by atoms with Crippen molar-refractivity contribution < 1.29 is 4.79 Å². The molecule has 0 aromatic carbocycles. The Balaban J connectivity index is 1.96. The number of carbonyl (C=O) groups excluding carboxylic acids is 1. The van der Waals surface area contributed by atoms with E-state index in [-0.39, 0.29) is 17.9 Å². The summed E-state index contributed by atoms with van der Waals surface area (Å²) in [4.78, 5) is 22.2. The SMILES string of the molecule is CC(C)C(=O)N1CCC[C@H](Nc2nccc(N)n2)C1. The first-order chi connectivity index (χ1) is 9.06. The van der Waals surface area contributed by atoms with Crippen molar-refractivity contribution in [2.75, 3.05) is 24.1 Å². The van der Waals surface area contributed by atoms with Gasteiger partial charge in [-0.3, -0.25) is 4.79 Å². The van der Waals surface area contributed by atoms with Gasteiger partial charge in [0, 0.05) is 31.2 Å². The Kier molecular flexibility index (Phi) is 4.19. The summed E-state index contributed by atoms with van der Waals surface area (Å²) in [6, 6.07) is 1.85. The molecule has 0 spiro atoms. The van der Waals surface area contributed by atoms with E-state index < -0.39 is 0 Å². The fourth-order valence-electron chi connectivity index (χ4n) is 2.29. The predicted molar refractivity (Wildman–Crippen MR) is 74.5 cm³/mol. The summed E-state index contributed by atoms with van der Waals surface area (Å²) in [5, 5.41) is 3.25. The van der Waals surface area contributed by atoms with Gasteiger partial charge in [0.15, 0.2) is 0 Å². The summed E-state index contributed by atoms with van der Waals surface area (Å²) < 4.78 is 0. The minimum absolute atomic E-state index is 0.0439. The van der Waals surface area contributed by atoms with Gasteiger partial charge in [0.2, 0.25) is 11.9 Å². The van der Waals surface area contributed by atoms with E-state index in [1.807, 2.05) is 18.7 Å². The van der Waals surface area contributed by atoms with Gasteiger partial charge in [-0.25, -0.2) is 4.98 Å². The topological polar surface area (TPSA) is 84.1 Å². The zero-order valence-corrected chi connectivity index (χ0v) is 11.5. The van der Waals surface area contributed by atoms with Crippen molar-refractivity contribution in [3.8, 4) is 0 Å². The van der Waals surface area contributed by atoms with E-state index in [4.69, 9.17) is 5.73 Å². The van der Waals surface area contributed by atoms with Gasteiger partial charge < -0.3 is 16.0 Å². The number of likely N-dealkylation sites (tertiary alicyclic amines) is 1. The molecule has 1 aromatic rings. The molecule has 2 rings (SSSR count). The molecule has 1 atom stereocenters. The number of anilines is 2. The molecule has 0 saturated carbocycles. The molecule has 3 N–H and O–H groups in total. The minimum atomic E-state index is 0.0439. The maximum atomic E-state index is 12.0. The van der Waals surface area contributed by atoms with Crippen molar-refractivity contribution >= 4 is 17.7 Å². The maximum Gasteiger partial charge on any atom is 0.225 e. The smallest absolute Gasteiger partial charge is 0.225 e. The molecule has 1 fully saturated rings. The monoisotopic (exact) mass is 263 g/mol. The third-order valence-electron chi connectivity index (χ3n) is 3.24. The fourth-order valence-corrected chi connectivity index (χ4v) is 2.29. The van der Waals surface area contributed by atoms with Gasteiger partial charge in [-0.15, -0.1) is 0 Å². The van der Waals surface area contributed by atoms with E-state index in [0.29, 0.717) is 18.3 Å². The van der Waals surface area contributed by atoms with E-state index in [0.717, 1.165) is 19.4 Å². The van der Waals surface area contributed by atoms with Crippen molar-refractivity contribution in [3.63, 3.8) is 0 Å². The highest BCUT2D eigenvalue weighted by molar-refractivity contribution is 5.78. The number of nitrogens with two attached hydrogens (primary N) is 1. The average molecular weight is 263 g/mol. The number of nitrogens with zero attached hydrogens (tertiary/aromatic N) is 3. The van der Waals surface area contributed by atoms with Gasteiger partial charge in [-0.1, -0.05) is 13.8 Å². The summed E-state index contributed by atoms with van der Waals surface area (Å²) in [6.07, 6.45) is 3.64. The first-order valence-electron chi connectivity index (χ1n) is 6.70. The third kappa shape index (κ3) is 3.56. The van der Waals surface area contributed by atoms with Gasteiger partial charge in [0.25, 0.3) is 0 Å². The summed E-state index contributed by atoms with van der Waals surface area (Å²) >= 11 is 0. The fraction of sp³-hybridized carbons (Fsp3) is 0.615. The van der Waals surface area contributed by atoms with Crippen LogP contribution in [0.25, 0.3) is 0 Å². The van der Waals surface area contributed by atoms with E-state index in [2.05, 4.69) is 15.3 Å². The molecule has 2 heterocycles. The van der Waals surface area contributed by atoms with Crippen LogP contribution in [0.4, 0.5) is 11.8 Å². The van der Waals surface area contributed by atoms with Crippen molar-refractivity contribution in [2.45, 2.75) is 32.7 Å². The van der Waals surface area contributed by atoms with Crippen molar-refractivity contribution in [2.24, 2.45) is 5.92 Å². The Labute approximate surface area is 113 Å². The Bertz CT molecular complexity index is 448. The number of piperidine rings is 1. The number of nitrogen functional groups attached to an aromatic ring is 1. The predicted octanol–water partition coefficient (Wildman–Crippen LogP) is 1.12. The van der Waals surface area contributed by atoms with Crippen LogP contribution in [0.2, 0.25) is 0 Å². The number of amides is 1. The highest BCUT2D eigenvalue weighted by Crippen LogP contribution is 2.16. The lowest BCUT2D eigenvalue weighted by atomic mass is 10.0. The van der Waals surface area contributed by atoms with Crippen LogP contribution in [-0.2, 0) is 4.79 Å².